The Morgan fingerprint density at radius 2 is 2.00 bits per heavy atom. The van der Waals surface area contributed by atoms with Gasteiger partial charge in [0.1, 0.15) is 0 Å². The molecule has 1 amide bonds. The number of amides is 1. The fraction of sp³-hybridized carbons (Fsp3) is 0.500. The molecule has 22 heavy (non-hydrogen) atoms. The number of hydroxylamine groups is 1. The van der Waals surface area contributed by atoms with Gasteiger partial charge in [0.25, 0.3) is 5.91 Å². The van der Waals surface area contributed by atoms with Crippen LogP contribution >= 0.6 is 0 Å². The molecule has 0 radical (unpaired) electrons. The third-order valence-corrected chi connectivity index (χ3v) is 4.94. The highest BCUT2D eigenvalue weighted by Crippen LogP contribution is 2.36. The molecule has 1 aromatic carbocycles. The Morgan fingerprint density at radius 3 is 2.64 bits per heavy atom. The number of likely N-dealkylation sites (tertiary alicyclic amines) is 1. The van der Waals surface area contributed by atoms with Crippen molar-refractivity contribution in [1.29, 1.82) is 0 Å². The second-order valence-electron chi connectivity index (χ2n) is 6.43. The van der Waals surface area contributed by atoms with Crippen LogP contribution in [0.25, 0.3) is 6.08 Å². The van der Waals surface area contributed by atoms with Crippen molar-refractivity contribution < 1.29 is 10.0 Å². The molecule has 1 atom stereocenters. The average Bonchev–Trinajstić information content (AvgIpc) is 2.97. The summed E-state index contributed by atoms with van der Waals surface area (Å²) in [5, 5.41) is 8.47. The van der Waals surface area contributed by atoms with Crippen LogP contribution in [0.15, 0.2) is 30.3 Å². The Morgan fingerprint density at radius 1 is 1.23 bits per heavy atom. The first-order valence-corrected chi connectivity index (χ1v) is 8.22. The standard InChI is InChI=1S/C18H24N2O2/c21-18(19-22)11-8-14-6-9-16(10-7-14)17-5-2-12-20(17)13-15-3-1-4-15/h6-11,15,17,22H,1-5,12-13H2,(H,19,21). The average molecular weight is 300 g/mol. The Bertz CT molecular complexity index is 535. The minimum Gasteiger partial charge on any atom is -0.296 e. The van der Waals surface area contributed by atoms with E-state index in [-0.39, 0.29) is 0 Å². The van der Waals surface area contributed by atoms with Crippen molar-refractivity contribution in [3.8, 4) is 0 Å². The molecule has 2 N–H and O–H groups in total. The Labute approximate surface area is 131 Å². The van der Waals surface area contributed by atoms with Gasteiger partial charge in [-0.2, -0.15) is 0 Å². The molecule has 0 aromatic heterocycles. The number of nitrogens with zero attached hydrogens (tertiary/aromatic N) is 1. The SMILES string of the molecule is O=C(C=Cc1ccc(C2CCCN2CC2CCC2)cc1)NO. The van der Waals surface area contributed by atoms with E-state index in [1.54, 1.807) is 11.6 Å². The van der Waals surface area contributed by atoms with Crippen molar-refractivity contribution >= 4 is 12.0 Å². The molecule has 2 fully saturated rings. The normalized spacial score (nSPS) is 22.9. The Balaban J connectivity index is 1.63. The topological polar surface area (TPSA) is 52.6 Å². The van der Waals surface area contributed by atoms with Crippen LogP contribution in [0, 0.1) is 5.92 Å². The van der Waals surface area contributed by atoms with E-state index in [0.29, 0.717) is 6.04 Å². The van der Waals surface area contributed by atoms with Gasteiger partial charge in [-0.1, -0.05) is 30.7 Å². The lowest BCUT2D eigenvalue weighted by Crippen LogP contribution is -2.32. The van der Waals surface area contributed by atoms with E-state index in [1.807, 2.05) is 12.1 Å². The van der Waals surface area contributed by atoms with E-state index < -0.39 is 5.91 Å². The van der Waals surface area contributed by atoms with E-state index >= 15 is 0 Å². The van der Waals surface area contributed by atoms with Crippen molar-refractivity contribution in [2.24, 2.45) is 5.92 Å². The Hall–Kier alpha value is -1.65. The molecule has 1 aliphatic carbocycles. The lowest BCUT2D eigenvalue weighted by molar-refractivity contribution is -0.124. The number of rotatable bonds is 5. The van der Waals surface area contributed by atoms with Crippen LogP contribution in [0.5, 0.6) is 0 Å². The van der Waals surface area contributed by atoms with Crippen LogP contribution in [0.1, 0.15) is 49.3 Å². The number of carbonyl (C=O) groups is 1. The summed E-state index contributed by atoms with van der Waals surface area (Å²) in [7, 11) is 0. The lowest BCUT2D eigenvalue weighted by Gasteiger charge is -2.33. The summed E-state index contributed by atoms with van der Waals surface area (Å²) in [4.78, 5) is 13.6. The molecule has 3 rings (SSSR count). The summed E-state index contributed by atoms with van der Waals surface area (Å²) < 4.78 is 0. The molecule has 1 heterocycles. The molecular formula is C18H24N2O2. The molecule has 0 bridgehead atoms. The van der Waals surface area contributed by atoms with Gasteiger partial charge < -0.3 is 0 Å². The maximum Gasteiger partial charge on any atom is 0.267 e. The minimum absolute atomic E-state index is 0.508. The number of hydrogen-bond acceptors (Lipinski definition) is 3. The van der Waals surface area contributed by atoms with Crippen molar-refractivity contribution in [3.05, 3.63) is 41.5 Å². The quantitative estimate of drug-likeness (QED) is 0.499. The highest BCUT2D eigenvalue weighted by molar-refractivity contribution is 5.90. The highest BCUT2D eigenvalue weighted by atomic mass is 16.5. The predicted molar refractivity (Wildman–Crippen MR) is 86.3 cm³/mol. The van der Waals surface area contributed by atoms with E-state index in [1.165, 1.54) is 56.8 Å². The van der Waals surface area contributed by atoms with Crippen LogP contribution in [0.4, 0.5) is 0 Å². The van der Waals surface area contributed by atoms with Gasteiger partial charge in [0.15, 0.2) is 0 Å². The smallest absolute Gasteiger partial charge is 0.267 e. The van der Waals surface area contributed by atoms with Crippen molar-refractivity contribution in [2.75, 3.05) is 13.1 Å². The lowest BCUT2D eigenvalue weighted by atomic mass is 9.85. The maximum absolute atomic E-state index is 11.0. The fourth-order valence-electron chi connectivity index (χ4n) is 3.47. The first kappa shape index (κ1) is 15.3. The molecule has 1 aromatic rings. The van der Waals surface area contributed by atoms with E-state index in [2.05, 4.69) is 17.0 Å². The van der Waals surface area contributed by atoms with Gasteiger partial charge in [-0.25, -0.2) is 5.48 Å². The van der Waals surface area contributed by atoms with Crippen LogP contribution in [-0.4, -0.2) is 29.1 Å². The molecule has 1 saturated heterocycles. The number of carbonyl (C=O) groups excluding carboxylic acids is 1. The first-order chi connectivity index (χ1) is 10.8. The number of nitrogens with one attached hydrogen (secondary N) is 1. The van der Waals surface area contributed by atoms with Crippen LogP contribution in [0.2, 0.25) is 0 Å². The summed E-state index contributed by atoms with van der Waals surface area (Å²) in [6, 6.07) is 8.96. The van der Waals surface area contributed by atoms with Gasteiger partial charge in [-0.15, -0.1) is 0 Å². The second kappa shape index (κ2) is 7.07. The van der Waals surface area contributed by atoms with Gasteiger partial charge >= 0.3 is 0 Å². The molecule has 2 aliphatic rings. The van der Waals surface area contributed by atoms with Crippen LogP contribution in [-0.2, 0) is 4.79 Å². The number of hydrogen-bond donors (Lipinski definition) is 2. The Kier molecular flexibility index (Phi) is 4.90. The van der Waals surface area contributed by atoms with Crippen molar-refractivity contribution in [1.82, 2.24) is 10.4 Å². The predicted octanol–water partition coefficient (Wildman–Crippen LogP) is 3.14. The summed E-state index contributed by atoms with van der Waals surface area (Å²) in [6.07, 6.45) is 9.78. The van der Waals surface area contributed by atoms with Gasteiger partial charge in [0, 0.05) is 18.7 Å². The first-order valence-electron chi connectivity index (χ1n) is 8.22. The van der Waals surface area contributed by atoms with Crippen molar-refractivity contribution in [3.63, 3.8) is 0 Å². The molecule has 4 nitrogen and oxygen atoms in total. The van der Waals surface area contributed by atoms with E-state index in [0.717, 1.165) is 11.5 Å². The zero-order valence-electron chi connectivity index (χ0n) is 12.9. The van der Waals surface area contributed by atoms with Gasteiger partial charge in [-0.05, 0) is 55.3 Å². The molecule has 118 valence electrons. The minimum atomic E-state index is -0.508. The summed E-state index contributed by atoms with van der Waals surface area (Å²) >= 11 is 0. The zero-order valence-corrected chi connectivity index (χ0v) is 12.9. The van der Waals surface area contributed by atoms with Gasteiger partial charge in [0.2, 0.25) is 0 Å². The molecule has 0 spiro atoms. The third-order valence-electron chi connectivity index (χ3n) is 4.94. The van der Waals surface area contributed by atoms with E-state index in [4.69, 9.17) is 5.21 Å². The molecular weight excluding hydrogens is 276 g/mol. The second-order valence-corrected chi connectivity index (χ2v) is 6.43. The molecule has 1 unspecified atom stereocenters. The largest absolute Gasteiger partial charge is 0.296 e. The molecule has 1 saturated carbocycles. The monoisotopic (exact) mass is 300 g/mol. The van der Waals surface area contributed by atoms with E-state index in [9.17, 15) is 4.79 Å². The summed E-state index contributed by atoms with van der Waals surface area (Å²) in [6.45, 7) is 2.47. The van der Waals surface area contributed by atoms with Crippen LogP contribution < -0.4 is 5.48 Å². The van der Waals surface area contributed by atoms with Gasteiger partial charge in [-0.3, -0.25) is 14.9 Å². The number of benzene rings is 1. The zero-order chi connectivity index (χ0) is 15.4. The van der Waals surface area contributed by atoms with Gasteiger partial charge in [0.05, 0.1) is 0 Å². The third kappa shape index (κ3) is 3.57. The maximum atomic E-state index is 11.0. The van der Waals surface area contributed by atoms with Crippen molar-refractivity contribution in [2.45, 2.75) is 38.1 Å². The molecule has 4 heteroatoms. The highest BCUT2D eigenvalue weighted by Gasteiger charge is 2.29. The molecule has 1 aliphatic heterocycles. The summed E-state index contributed by atoms with van der Waals surface area (Å²) in [5.74, 6) is 0.409. The summed E-state index contributed by atoms with van der Waals surface area (Å²) in [5.41, 5.74) is 3.94. The fourth-order valence-corrected chi connectivity index (χ4v) is 3.47. The van der Waals surface area contributed by atoms with Crippen LogP contribution in [0.3, 0.4) is 0 Å².